The van der Waals surface area contributed by atoms with E-state index in [-0.39, 0.29) is 37.5 Å². The average Bonchev–Trinajstić information content (AvgIpc) is 3.36. The van der Waals surface area contributed by atoms with E-state index in [1.54, 1.807) is 42.7 Å². The van der Waals surface area contributed by atoms with Gasteiger partial charge in [-0.3, -0.25) is 15.0 Å². The summed E-state index contributed by atoms with van der Waals surface area (Å²) in [6.07, 6.45) is -10.2. The molecule has 6 rings (SSSR count). The zero-order chi connectivity index (χ0) is 29.3. The molecular weight excluding hydrogens is 575 g/mol. The third-order valence-electron chi connectivity index (χ3n) is 7.06. The summed E-state index contributed by atoms with van der Waals surface area (Å²) in [6, 6.07) is 14.5. The van der Waals surface area contributed by atoms with Crippen molar-refractivity contribution in [1.29, 1.82) is 0 Å². The van der Waals surface area contributed by atoms with Crippen LogP contribution in [-0.2, 0) is 5.60 Å². The van der Waals surface area contributed by atoms with Crippen molar-refractivity contribution in [3.8, 4) is 11.1 Å². The molecule has 0 saturated carbocycles. The van der Waals surface area contributed by atoms with Crippen molar-refractivity contribution in [1.82, 2.24) is 4.98 Å². The molecule has 0 amide bonds. The Morgan fingerprint density at radius 1 is 0.707 bits per heavy atom. The summed E-state index contributed by atoms with van der Waals surface area (Å²) in [5.41, 5.74) is -5.37. The Kier molecular flexibility index (Phi) is 6.09. The van der Waals surface area contributed by atoms with Crippen LogP contribution in [0.1, 0.15) is 17.3 Å². The summed E-state index contributed by atoms with van der Waals surface area (Å²) < 4.78 is 97.3. The first-order chi connectivity index (χ1) is 19.3. The minimum absolute atomic E-state index is 0.0289. The summed E-state index contributed by atoms with van der Waals surface area (Å²) in [4.78, 5) is 13.1. The minimum atomic E-state index is -6.07. The lowest BCUT2D eigenvalue weighted by Gasteiger charge is -2.32. The van der Waals surface area contributed by atoms with Crippen LogP contribution in [0.5, 0.6) is 0 Å². The summed E-state index contributed by atoms with van der Waals surface area (Å²) in [5.74, 6) is -0.682. The van der Waals surface area contributed by atoms with E-state index in [1.807, 2.05) is 0 Å². The molecule has 1 aromatic heterocycles. The van der Waals surface area contributed by atoms with Gasteiger partial charge in [0.15, 0.2) is 6.17 Å². The van der Waals surface area contributed by atoms with Crippen molar-refractivity contribution in [2.75, 3.05) is 0 Å². The molecule has 0 saturated heterocycles. The molecule has 4 nitrogen and oxygen atoms in total. The van der Waals surface area contributed by atoms with E-state index in [4.69, 9.17) is 11.6 Å². The molecule has 1 aliphatic heterocycles. The Hall–Kier alpha value is -4.09. The average molecular weight is 590 g/mol. The lowest BCUT2D eigenvalue weighted by Crippen LogP contribution is -2.53. The van der Waals surface area contributed by atoms with E-state index in [9.17, 15) is 35.8 Å². The highest BCUT2D eigenvalue weighted by Crippen LogP contribution is 2.50. The fourth-order valence-corrected chi connectivity index (χ4v) is 5.31. The number of fused-ring (bicyclic) bond motifs is 6. The SMILES string of the molecule is OC(c1ccc2c3c(c4ccc(-c5cccnc5)cc4c2c1)=NC(c1c(F)cccc1Cl)N=3)(C(F)(F)F)C(F)(F)F. The Morgan fingerprint density at radius 3 is 1.93 bits per heavy atom. The fraction of sp³-hybridized carbons (Fsp3) is 0.138. The number of pyridine rings is 1. The number of benzene rings is 4. The van der Waals surface area contributed by atoms with Gasteiger partial charge in [0.1, 0.15) is 5.82 Å². The number of hydrogen-bond acceptors (Lipinski definition) is 4. The molecule has 0 aliphatic carbocycles. The number of nitrogens with zero attached hydrogens (tertiary/aromatic N) is 3. The molecule has 0 radical (unpaired) electrons. The second-order valence-electron chi connectivity index (χ2n) is 9.43. The van der Waals surface area contributed by atoms with Gasteiger partial charge in [-0.15, -0.1) is 0 Å². The Balaban J connectivity index is 1.72. The number of aromatic nitrogens is 1. The van der Waals surface area contributed by atoms with Crippen molar-refractivity contribution >= 4 is 33.1 Å². The largest absolute Gasteiger partial charge is 0.430 e. The molecule has 1 N–H and O–H groups in total. The molecule has 12 heteroatoms. The van der Waals surface area contributed by atoms with Crippen LogP contribution in [0.25, 0.3) is 32.7 Å². The zero-order valence-electron chi connectivity index (χ0n) is 20.4. The molecule has 208 valence electrons. The maximum Gasteiger partial charge on any atom is 0.430 e. The first-order valence-electron chi connectivity index (χ1n) is 12.0. The molecule has 0 bridgehead atoms. The standard InChI is InChI=1S/C29H15ClF7N3O/c30-21-4-1-5-22(31)23(21)26-39-24-17-8-6-14(15-3-2-10-38-13-15)11-19(17)20-12-16(7-9-18(20)25(24)40-26)27(41,28(32,33)34)29(35,36)37/h1-13,26,41H. The van der Waals surface area contributed by atoms with Gasteiger partial charge < -0.3 is 5.11 Å². The predicted octanol–water partition coefficient (Wildman–Crippen LogP) is 7.11. The molecular formula is C29H15ClF7N3O. The van der Waals surface area contributed by atoms with Crippen molar-refractivity contribution in [3.05, 3.63) is 112 Å². The van der Waals surface area contributed by atoms with Crippen LogP contribution < -0.4 is 10.7 Å². The Labute approximate surface area is 231 Å². The number of aliphatic hydroxyl groups is 1. The van der Waals surface area contributed by atoms with Crippen LogP contribution in [0.2, 0.25) is 5.02 Å². The molecule has 1 unspecified atom stereocenters. The summed E-state index contributed by atoms with van der Waals surface area (Å²) in [6.45, 7) is 0. The van der Waals surface area contributed by atoms with Gasteiger partial charge in [0, 0.05) is 34.3 Å². The van der Waals surface area contributed by atoms with E-state index < -0.39 is 35.5 Å². The lowest BCUT2D eigenvalue weighted by molar-refractivity contribution is -0.376. The highest BCUT2D eigenvalue weighted by atomic mass is 35.5. The van der Waals surface area contributed by atoms with Crippen LogP contribution >= 0.6 is 11.6 Å². The second kappa shape index (κ2) is 9.22. The van der Waals surface area contributed by atoms with Gasteiger partial charge in [-0.2, -0.15) is 26.3 Å². The number of halogens is 8. The fourth-order valence-electron chi connectivity index (χ4n) is 5.05. The van der Waals surface area contributed by atoms with Crippen LogP contribution in [0, 0.1) is 5.82 Å². The monoisotopic (exact) mass is 589 g/mol. The topological polar surface area (TPSA) is 57.8 Å². The van der Waals surface area contributed by atoms with E-state index in [0.29, 0.717) is 28.6 Å². The van der Waals surface area contributed by atoms with Gasteiger partial charge >= 0.3 is 12.4 Å². The highest BCUT2D eigenvalue weighted by Gasteiger charge is 2.71. The third kappa shape index (κ3) is 4.14. The highest BCUT2D eigenvalue weighted by molar-refractivity contribution is 6.31. The lowest BCUT2D eigenvalue weighted by atomic mass is 9.88. The number of alkyl halides is 6. The predicted molar refractivity (Wildman–Crippen MR) is 137 cm³/mol. The molecule has 2 heterocycles. The van der Waals surface area contributed by atoms with Crippen LogP contribution in [-0.4, -0.2) is 22.4 Å². The van der Waals surface area contributed by atoms with Crippen LogP contribution in [0.3, 0.4) is 0 Å². The molecule has 5 aromatic rings. The minimum Gasteiger partial charge on any atom is -0.369 e. The number of hydrogen-bond donors (Lipinski definition) is 1. The molecule has 4 aromatic carbocycles. The summed E-state index contributed by atoms with van der Waals surface area (Å²) in [7, 11) is 0. The van der Waals surface area contributed by atoms with E-state index in [2.05, 4.69) is 15.0 Å². The first kappa shape index (κ1) is 27.1. The maximum absolute atomic E-state index is 14.8. The van der Waals surface area contributed by atoms with Crippen molar-refractivity contribution < 1.29 is 35.8 Å². The number of rotatable bonds is 3. The van der Waals surface area contributed by atoms with Gasteiger partial charge in [-0.05, 0) is 46.7 Å². The summed E-state index contributed by atoms with van der Waals surface area (Å²) >= 11 is 6.23. The van der Waals surface area contributed by atoms with E-state index >= 15 is 0 Å². The van der Waals surface area contributed by atoms with Gasteiger partial charge in [0.2, 0.25) is 0 Å². The van der Waals surface area contributed by atoms with Gasteiger partial charge in [0.05, 0.1) is 21.3 Å². The smallest absolute Gasteiger partial charge is 0.369 e. The van der Waals surface area contributed by atoms with Crippen molar-refractivity contribution in [2.45, 2.75) is 24.1 Å². The van der Waals surface area contributed by atoms with Crippen molar-refractivity contribution in [3.63, 3.8) is 0 Å². The van der Waals surface area contributed by atoms with Gasteiger partial charge in [-0.1, -0.05) is 48.0 Å². The zero-order valence-corrected chi connectivity index (χ0v) is 21.2. The quantitative estimate of drug-likeness (QED) is 0.180. The van der Waals surface area contributed by atoms with E-state index in [0.717, 1.165) is 6.07 Å². The normalized spacial score (nSPS) is 15.6. The van der Waals surface area contributed by atoms with Gasteiger partial charge in [-0.25, -0.2) is 4.39 Å². The maximum atomic E-state index is 14.8. The molecule has 0 fully saturated rings. The first-order valence-corrected chi connectivity index (χ1v) is 12.3. The molecule has 0 spiro atoms. The van der Waals surface area contributed by atoms with Crippen LogP contribution in [0.4, 0.5) is 30.7 Å². The van der Waals surface area contributed by atoms with Crippen LogP contribution in [0.15, 0.2) is 89.1 Å². The van der Waals surface area contributed by atoms with Crippen molar-refractivity contribution in [2.24, 2.45) is 9.98 Å². The molecule has 41 heavy (non-hydrogen) atoms. The summed E-state index contributed by atoms with van der Waals surface area (Å²) in [5, 5.41) is 11.3. The van der Waals surface area contributed by atoms with E-state index in [1.165, 1.54) is 18.2 Å². The van der Waals surface area contributed by atoms with Gasteiger partial charge in [0.25, 0.3) is 5.60 Å². The molecule has 1 aliphatic rings. The Bertz CT molecular complexity index is 1940. The second-order valence-corrected chi connectivity index (χ2v) is 9.84. The third-order valence-corrected chi connectivity index (χ3v) is 7.39. The Morgan fingerprint density at radius 2 is 1.34 bits per heavy atom. The molecule has 1 atom stereocenters.